The van der Waals surface area contributed by atoms with Crippen molar-refractivity contribution in [3.05, 3.63) is 24.5 Å². The normalized spacial score (nSPS) is 19.9. The zero-order chi connectivity index (χ0) is 11.2. The molecule has 1 heterocycles. The summed E-state index contributed by atoms with van der Waals surface area (Å²) in [6.07, 6.45) is 11.9. The van der Waals surface area contributed by atoms with Gasteiger partial charge in [-0.2, -0.15) is 5.10 Å². The van der Waals surface area contributed by atoms with Crippen molar-refractivity contribution < 1.29 is 5.11 Å². The second-order valence-electron chi connectivity index (χ2n) is 4.25. The van der Waals surface area contributed by atoms with E-state index in [0.29, 0.717) is 6.54 Å². The summed E-state index contributed by atoms with van der Waals surface area (Å²) < 4.78 is 1.75. The highest BCUT2D eigenvalue weighted by Crippen LogP contribution is 2.18. The second-order valence-corrected chi connectivity index (χ2v) is 4.25. The van der Waals surface area contributed by atoms with Crippen molar-refractivity contribution in [1.29, 1.82) is 0 Å². The Morgan fingerprint density at radius 3 is 3.19 bits per heavy atom. The van der Waals surface area contributed by atoms with Gasteiger partial charge in [0, 0.05) is 12.7 Å². The molecular weight excluding hydrogens is 202 g/mol. The average molecular weight is 221 g/mol. The Hall–Kier alpha value is -1.29. The average Bonchev–Trinajstić information content (AvgIpc) is 2.76. The van der Waals surface area contributed by atoms with Crippen molar-refractivity contribution in [2.75, 3.05) is 18.5 Å². The molecule has 0 fully saturated rings. The number of nitrogens with zero attached hydrogens (tertiary/aromatic N) is 2. The van der Waals surface area contributed by atoms with Crippen LogP contribution in [0.1, 0.15) is 19.3 Å². The summed E-state index contributed by atoms with van der Waals surface area (Å²) in [4.78, 5) is 0. The Morgan fingerprint density at radius 2 is 2.44 bits per heavy atom. The molecule has 1 unspecified atom stereocenters. The first-order chi connectivity index (χ1) is 7.88. The standard InChI is InChI=1S/C12H19N3O/c16-7-6-15-10-12(9-14-15)13-8-11-4-2-1-3-5-11/h1-2,9-11,13,16H,3-8H2. The van der Waals surface area contributed by atoms with E-state index in [2.05, 4.69) is 22.6 Å². The molecule has 16 heavy (non-hydrogen) atoms. The van der Waals surface area contributed by atoms with Crippen LogP contribution in [-0.2, 0) is 6.54 Å². The fourth-order valence-electron chi connectivity index (χ4n) is 1.98. The zero-order valence-electron chi connectivity index (χ0n) is 9.47. The second kappa shape index (κ2) is 5.70. The minimum absolute atomic E-state index is 0.133. The van der Waals surface area contributed by atoms with Crippen molar-refractivity contribution in [1.82, 2.24) is 9.78 Å². The molecule has 1 atom stereocenters. The van der Waals surface area contributed by atoms with Crippen LogP contribution in [0.25, 0.3) is 0 Å². The molecular formula is C12H19N3O. The maximum absolute atomic E-state index is 8.77. The molecule has 2 N–H and O–H groups in total. The van der Waals surface area contributed by atoms with Crippen LogP contribution in [-0.4, -0.2) is 28.0 Å². The predicted octanol–water partition coefficient (Wildman–Crippen LogP) is 1.64. The number of aliphatic hydroxyl groups excluding tert-OH is 1. The van der Waals surface area contributed by atoms with E-state index in [1.54, 1.807) is 4.68 Å². The fraction of sp³-hybridized carbons (Fsp3) is 0.583. The van der Waals surface area contributed by atoms with Gasteiger partial charge in [0.1, 0.15) is 0 Å². The van der Waals surface area contributed by atoms with E-state index in [-0.39, 0.29) is 6.61 Å². The third-order valence-corrected chi connectivity index (χ3v) is 2.93. The number of rotatable bonds is 5. The van der Waals surface area contributed by atoms with Gasteiger partial charge < -0.3 is 10.4 Å². The molecule has 4 heteroatoms. The number of aliphatic hydroxyl groups is 1. The largest absolute Gasteiger partial charge is 0.394 e. The van der Waals surface area contributed by atoms with Crippen molar-refractivity contribution in [2.24, 2.45) is 5.92 Å². The summed E-state index contributed by atoms with van der Waals surface area (Å²) in [6.45, 7) is 1.71. The van der Waals surface area contributed by atoms with Gasteiger partial charge in [0.2, 0.25) is 0 Å². The quantitative estimate of drug-likeness (QED) is 0.743. The molecule has 0 aromatic carbocycles. The van der Waals surface area contributed by atoms with Crippen molar-refractivity contribution in [3.63, 3.8) is 0 Å². The molecule has 0 amide bonds. The molecule has 0 radical (unpaired) electrons. The summed E-state index contributed by atoms with van der Waals surface area (Å²) >= 11 is 0. The van der Waals surface area contributed by atoms with E-state index in [4.69, 9.17) is 5.11 Å². The van der Waals surface area contributed by atoms with Crippen LogP contribution in [0.4, 0.5) is 5.69 Å². The topological polar surface area (TPSA) is 50.1 Å². The molecule has 1 aromatic rings. The van der Waals surface area contributed by atoms with Gasteiger partial charge >= 0.3 is 0 Å². The van der Waals surface area contributed by atoms with Gasteiger partial charge in [0.25, 0.3) is 0 Å². The minimum Gasteiger partial charge on any atom is -0.394 e. The van der Waals surface area contributed by atoms with Crippen molar-refractivity contribution in [2.45, 2.75) is 25.8 Å². The molecule has 1 aliphatic rings. The number of anilines is 1. The van der Waals surface area contributed by atoms with Gasteiger partial charge in [-0.05, 0) is 25.2 Å². The number of nitrogens with one attached hydrogen (secondary N) is 1. The number of aromatic nitrogens is 2. The summed E-state index contributed by atoms with van der Waals surface area (Å²) in [5, 5.41) is 16.3. The highest BCUT2D eigenvalue weighted by atomic mass is 16.3. The molecule has 0 aliphatic heterocycles. The molecule has 1 aliphatic carbocycles. The molecule has 1 aromatic heterocycles. The van der Waals surface area contributed by atoms with Gasteiger partial charge in [-0.15, -0.1) is 0 Å². The lowest BCUT2D eigenvalue weighted by Crippen LogP contribution is -2.15. The smallest absolute Gasteiger partial charge is 0.0726 e. The summed E-state index contributed by atoms with van der Waals surface area (Å²) in [5.41, 5.74) is 1.04. The van der Waals surface area contributed by atoms with Crippen LogP contribution in [0.3, 0.4) is 0 Å². The summed E-state index contributed by atoms with van der Waals surface area (Å²) in [5.74, 6) is 0.742. The summed E-state index contributed by atoms with van der Waals surface area (Å²) in [6, 6.07) is 0. The number of hydrogen-bond acceptors (Lipinski definition) is 3. The first kappa shape index (κ1) is 11.2. The molecule has 0 saturated carbocycles. The van der Waals surface area contributed by atoms with E-state index in [0.717, 1.165) is 18.2 Å². The molecule has 0 bridgehead atoms. The molecule has 4 nitrogen and oxygen atoms in total. The van der Waals surface area contributed by atoms with Crippen LogP contribution in [0, 0.1) is 5.92 Å². The zero-order valence-corrected chi connectivity index (χ0v) is 9.47. The van der Waals surface area contributed by atoms with E-state index >= 15 is 0 Å². The Bertz CT molecular complexity index is 346. The van der Waals surface area contributed by atoms with Crippen LogP contribution >= 0.6 is 0 Å². The van der Waals surface area contributed by atoms with E-state index in [9.17, 15) is 0 Å². The van der Waals surface area contributed by atoms with Crippen molar-refractivity contribution >= 4 is 5.69 Å². The Balaban J connectivity index is 1.77. The van der Waals surface area contributed by atoms with Gasteiger partial charge in [-0.3, -0.25) is 4.68 Å². The van der Waals surface area contributed by atoms with Crippen LogP contribution in [0.5, 0.6) is 0 Å². The first-order valence-corrected chi connectivity index (χ1v) is 5.90. The minimum atomic E-state index is 0.133. The predicted molar refractivity (Wildman–Crippen MR) is 64.3 cm³/mol. The number of allylic oxidation sites excluding steroid dienone is 2. The summed E-state index contributed by atoms with van der Waals surface area (Å²) in [7, 11) is 0. The van der Waals surface area contributed by atoms with Crippen LogP contribution in [0.2, 0.25) is 0 Å². The first-order valence-electron chi connectivity index (χ1n) is 5.90. The SMILES string of the molecule is OCCn1cc(NCC2CC=CCC2)cn1. The number of hydrogen-bond donors (Lipinski definition) is 2. The van der Waals surface area contributed by atoms with Gasteiger partial charge in [0.15, 0.2) is 0 Å². The van der Waals surface area contributed by atoms with Crippen LogP contribution < -0.4 is 5.32 Å². The Morgan fingerprint density at radius 1 is 1.50 bits per heavy atom. The maximum atomic E-state index is 8.77. The fourth-order valence-corrected chi connectivity index (χ4v) is 1.98. The van der Waals surface area contributed by atoms with Crippen LogP contribution in [0.15, 0.2) is 24.5 Å². The lowest BCUT2D eigenvalue weighted by Gasteiger charge is -2.17. The lowest BCUT2D eigenvalue weighted by atomic mass is 9.94. The van der Waals surface area contributed by atoms with Gasteiger partial charge in [-0.1, -0.05) is 12.2 Å². The van der Waals surface area contributed by atoms with E-state index in [1.807, 2.05) is 12.4 Å². The lowest BCUT2D eigenvalue weighted by molar-refractivity contribution is 0.269. The monoisotopic (exact) mass is 221 g/mol. The maximum Gasteiger partial charge on any atom is 0.0726 e. The van der Waals surface area contributed by atoms with E-state index < -0.39 is 0 Å². The molecule has 88 valence electrons. The van der Waals surface area contributed by atoms with Crippen molar-refractivity contribution in [3.8, 4) is 0 Å². The van der Waals surface area contributed by atoms with Gasteiger partial charge in [-0.25, -0.2) is 0 Å². The molecule has 2 rings (SSSR count). The molecule has 0 spiro atoms. The third-order valence-electron chi connectivity index (χ3n) is 2.93. The third kappa shape index (κ3) is 3.10. The highest BCUT2D eigenvalue weighted by Gasteiger charge is 2.09. The molecule has 0 saturated heterocycles. The Kier molecular flexibility index (Phi) is 3.99. The van der Waals surface area contributed by atoms with Gasteiger partial charge in [0.05, 0.1) is 25.0 Å². The van der Waals surface area contributed by atoms with E-state index in [1.165, 1.54) is 19.3 Å². The highest BCUT2D eigenvalue weighted by molar-refractivity contribution is 5.38. The Labute approximate surface area is 96.0 Å².